The molecular weight excluding hydrogens is 308 g/mol. The number of amides is 1. The van der Waals surface area contributed by atoms with Gasteiger partial charge < -0.3 is 5.73 Å². The Balaban J connectivity index is 1.81. The first kappa shape index (κ1) is 18.6. The molecule has 0 atom stereocenters. The third-order valence-electron chi connectivity index (χ3n) is 5.13. The Morgan fingerprint density at radius 2 is 1.67 bits per heavy atom. The molecule has 1 aliphatic carbocycles. The van der Waals surface area contributed by atoms with Crippen LogP contribution in [0.1, 0.15) is 67.8 Å². The highest BCUT2D eigenvalue weighted by atomic mass is 19.1. The Bertz CT molecular complexity index is 566. The van der Waals surface area contributed by atoms with E-state index in [1.807, 2.05) is 0 Å². The molecule has 1 aliphatic rings. The van der Waals surface area contributed by atoms with Crippen molar-refractivity contribution >= 4 is 5.91 Å². The smallest absolute Gasteiger partial charge is 0.254 e. The number of carbonyl (C=O) groups excluding carboxylic acids is 1. The molecule has 2 rings (SSSR count). The molecular formula is C20H27F2NO. The van der Waals surface area contributed by atoms with Crippen LogP contribution in [0, 0.1) is 23.5 Å². The molecule has 1 fully saturated rings. The number of hydrogen-bond acceptors (Lipinski definition) is 1. The van der Waals surface area contributed by atoms with Gasteiger partial charge in [0.2, 0.25) is 0 Å². The van der Waals surface area contributed by atoms with E-state index >= 15 is 0 Å². The maximum absolute atomic E-state index is 13.8. The van der Waals surface area contributed by atoms with Crippen LogP contribution in [0.5, 0.6) is 0 Å². The van der Waals surface area contributed by atoms with E-state index in [9.17, 15) is 13.6 Å². The number of benzene rings is 1. The van der Waals surface area contributed by atoms with Crippen molar-refractivity contribution in [1.29, 1.82) is 0 Å². The van der Waals surface area contributed by atoms with E-state index in [-0.39, 0.29) is 0 Å². The summed E-state index contributed by atoms with van der Waals surface area (Å²) in [7, 11) is 0. The number of nitrogens with two attached hydrogens (primary N) is 1. The highest BCUT2D eigenvalue weighted by Crippen LogP contribution is 2.34. The summed E-state index contributed by atoms with van der Waals surface area (Å²) in [6, 6.07) is 2.48. The van der Waals surface area contributed by atoms with Crippen molar-refractivity contribution in [1.82, 2.24) is 0 Å². The molecule has 1 amide bonds. The molecule has 1 aromatic rings. The van der Waals surface area contributed by atoms with Crippen LogP contribution in [0.4, 0.5) is 8.78 Å². The van der Waals surface area contributed by atoms with Crippen LogP contribution >= 0.6 is 0 Å². The number of primary amides is 1. The van der Waals surface area contributed by atoms with Crippen LogP contribution in [0.3, 0.4) is 0 Å². The molecule has 2 N–H and O–H groups in total. The summed E-state index contributed by atoms with van der Waals surface area (Å²) < 4.78 is 27.6. The number of aryl methyl sites for hydroxylation is 1. The normalized spacial score (nSPS) is 21.3. The Labute approximate surface area is 143 Å². The molecule has 1 aromatic carbocycles. The zero-order valence-corrected chi connectivity index (χ0v) is 14.4. The summed E-state index contributed by atoms with van der Waals surface area (Å²) in [6.45, 7) is 2.05. The number of rotatable bonds is 7. The summed E-state index contributed by atoms with van der Waals surface area (Å²) in [4.78, 5) is 11.0. The number of hydrogen-bond donors (Lipinski definition) is 1. The largest absolute Gasteiger partial charge is 0.365 e. The van der Waals surface area contributed by atoms with E-state index in [1.165, 1.54) is 44.2 Å². The number of allylic oxidation sites excluding steroid dienone is 2. The molecule has 0 bridgehead atoms. The van der Waals surface area contributed by atoms with E-state index in [2.05, 4.69) is 19.1 Å². The highest BCUT2D eigenvalue weighted by Gasteiger charge is 2.21. The van der Waals surface area contributed by atoms with Gasteiger partial charge in [0.05, 0.1) is 0 Å². The molecule has 0 unspecified atom stereocenters. The van der Waals surface area contributed by atoms with Gasteiger partial charge in [0.1, 0.15) is 17.2 Å². The molecule has 24 heavy (non-hydrogen) atoms. The van der Waals surface area contributed by atoms with Crippen molar-refractivity contribution in [2.75, 3.05) is 0 Å². The molecule has 0 aromatic heterocycles. The molecule has 0 heterocycles. The van der Waals surface area contributed by atoms with Crippen LogP contribution in [0.15, 0.2) is 24.3 Å². The lowest BCUT2D eigenvalue weighted by Gasteiger charge is -2.28. The van der Waals surface area contributed by atoms with E-state index in [0.717, 1.165) is 18.8 Å². The van der Waals surface area contributed by atoms with Gasteiger partial charge in [-0.3, -0.25) is 4.79 Å². The molecule has 4 heteroatoms. The minimum Gasteiger partial charge on any atom is -0.365 e. The SMILES string of the molecule is CC=CCCC1CCC(CCc2cc(F)c(C(N)=O)c(F)c2)CC1. The predicted molar refractivity (Wildman–Crippen MR) is 92.7 cm³/mol. The minimum absolute atomic E-state index is 0.602. The van der Waals surface area contributed by atoms with Crippen LogP contribution in [-0.2, 0) is 6.42 Å². The topological polar surface area (TPSA) is 43.1 Å². The lowest BCUT2D eigenvalue weighted by atomic mass is 9.78. The minimum atomic E-state index is -1.06. The first-order valence-electron chi connectivity index (χ1n) is 8.90. The maximum atomic E-state index is 13.8. The van der Waals surface area contributed by atoms with E-state index < -0.39 is 23.1 Å². The monoisotopic (exact) mass is 335 g/mol. The van der Waals surface area contributed by atoms with Crippen LogP contribution in [0.25, 0.3) is 0 Å². The molecule has 0 radical (unpaired) electrons. The van der Waals surface area contributed by atoms with Gasteiger partial charge in [-0.1, -0.05) is 37.8 Å². The maximum Gasteiger partial charge on any atom is 0.254 e. The van der Waals surface area contributed by atoms with Gasteiger partial charge in [-0.2, -0.15) is 0 Å². The first-order chi connectivity index (χ1) is 11.5. The Kier molecular flexibility index (Phi) is 6.95. The van der Waals surface area contributed by atoms with Gasteiger partial charge in [-0.25, -0.2) is 8.78 Å². The fourth-order valence-corrected chi connectivity index (χ4v) is 3.68. The second kappa shape index (κ2) is 8.95. The van der Waals surface area contributed by atoms with Gasteiger partial charge in [-0.15, -0.1) is 0 Å². The van der Waals surface area contributed by atoms with Gasteiger partial charge in [0.25, 0.3) is 5.91 Å². The van der Waals surface area contributed by atoms with Crippen molar-refractivity contribution in [3.8, 4) is 0 Å². The summed E-state index contributed by atoms with van der Waals surface area (Å²) in [5.74, 6) is -1.32. The summed E-state index contributed by atoms with van der Waals surface area (Å²) in [5, 5.41) is 0. The molecule has 0 spiro atoms. The zero-order valence-electron chi connectivity index (χ0n) is 14.4. The average Bonchev–Trinajstić information content (AvgIpc) is 2.53. The summed E-state index contributed by atoms with van der Waals surface area (Å²) in [5.41, 5.74) is 4.95. The molecule has 2 nitrogen and oxygen atoms in total. The number of carbonyl (C=O) groups is 1. The molecule has 0 aliphatic heterocycles. The van der Waals surface area contributed by atoms with E-state index in [1.54, 1.807) is 0 Å². The summed E-state index contributed by atoms with van der Waals surface area (Å²) in [6.07, 6.45) is 13.3. The van der Waals surface area contributed by atoms with Gasteiger partial charge in [0, 0.05) is 0 Å². The zero-order chi connectivity index (χ0) is 17.5. The van der Waals surface area contributed by atoms with Crippen molar-refractivity contribution in [2.24, 2.45) is 17.6 Å². The quantitative estimate of drug-likeness (QED) is 0.687. The molecule has 0 saturated heterocycles. The van der Waals surface area contributed by atoms with Crippen molar-refractivity contribution in [2.45, 2.75) is 58.3 Å². The van der Waals surface area contributed by atoms with Gasteiger partial charge >= 0.3 is 0 Å². The van der Waals surface area contributed by atoms with E-state index in [4.69, 9.17) is 5.73 Å². The third kappa shape index (κ3) is 5.15. The van der Waals surface area contributed by atoms with Crippen molar-refractivity contribution in [3.63, 3.8) is 0 Å². The third-order valence-corrected chi connectivity index (χ3v) is 5.13. The lowest BCUT2D eigenvalue weighted by Crippen LogP contribution is -2.17. The van der Waals surface area contributed by atoms with Crippen LogP contribution in [-0.4, -0.2) is 5.91 Å². The van der Waals surface area contributed by atoms with Gasteiger partial charge in [-0.05, 0) is 62.1 Å². The second-order valence-corrected chi connectivity index (χ2v) is 6.87. The Morgan fingerprint density at radius 1 is 1.12 bits per heavy atom. The van der Waals surface area contributed by atoms with Crippen molar-refractivity contribution in [3.05, 3.63) is 47.0 Å². The van der Waals surface area contributed by atoms with E-state index in [0.29, 0.717) is 17.9 Å². The average molecular weight is 335 g/mol. The van der Waals surface area contributed by atoms with Gasteiger partial charge in [0.15, 0.2) is 0 Å². The predicted octanol–water partition coefficient (Wildman–Crippen LogP) is 5.16. The summed E-state index contributed by atoms with van der Waals surface area (Å²) >= 11 is 0. The van der Waals surface area contributed by atoms with Crippen molar-refractivity contribution < 1.29 is 13.6 Å². The Morgan fingerprint density at radius 3 is 2.17 bits per heavy atom. The fraction of sp³-hybridized carbons (Fsp3) is 0.550. The molecule has 132 valence electrons. The van der Waals surface area contributed by atoms with Crippen LogP contribution < -0.4 is 5.73 Å². The Hall–Kier alpha value is -1.71. The standard InChI is InChI=1S/C20H27F2NO/c1-2-3-4-5-14-6-8-15(9-7-14)10-11-16-12-17(21)19(20(23)24)18(22)13-16/h2-3,12-15H,4-11H2,1H3,(H2,23,24). The first-order valence-corrected chi connectivity index (χ1v) is 8.90. The highest BCUT2D eigenvalue weighted by molar-refractivity contribution is 5.93. The number of halogens is 2. The van der Waals surface area contributed by atoms with Crippen LogP contribution in [0.2, 0.25) is 0 Å². The lowest BCUT2D eigenvalue weighted by molar-refractivity contribution is 0.0992. The molecule has 1 saturated carbocycles. The second-order valence-electron chi connectivity index (χ2n) is 6.87. The fourth-order valence-electron chi connectivity index (χ4n) is 3.68.